The number of benzene rings is 3. The number of aryl methyl sites for hydroxylation is 2. The van der Waals surface area contributed by atoms with Crippen molar-refractivity contribution in [3.05, 3.63) is 114 Å². The molecule has 0 saturated carbocycles. The summed E-state index contributed by atoms with van der Waals surface area (Å²) in [5, 5.41) is 8.98. The standard InChI is InChI=1S/C27H27N4P/c1-21-19-28-22(2)27-29-26(30-31(21)27)20-32(3,23-13-7-4-8-14-23,24-15-9-5-10-16-24)25-17-11-6-12-18-25/h4-19H,20H2,1-3H3. The number of rotatable bonds is 5. The van der Waals surface area contributed by atoms with Crippen molar-refractivity contribution in [1.29, 1.82) is 0 Å². The first-order valence-corrected chi connectivity index (χ1v) is 13.7. The Bertz CT molecular complexity index is 1240. The molecule has 4 nitrogen and oxygen atoms in total. The van der Waals surface area contributed by atoms with Crippen LogP contribution in [0, 0.1) is 13.8 Å². The first kappa shape index (κ1) is 20.5. The summed E-state index contributed by atoms with van der Waals surface area (Å²) < 4.78 is 1.93. The van der Waals surface area contributed by atoms with Gasteiger partial charge in [0.05, 0.1) is 0 Å². The van der Waals surface area contributed by atoms with Gasteiger partial charge in [-0.2, -0.15) is 0 Å². The Balaban J connectivity index is 1.85. The van der Waals surface area contributed by atoms with E-state index in [1.165, 1.54) is 15.9 Å². The maximum atomic E-state index is 5.00. The third-order valence-corrected chi connectivity index (χ3v) is 12.8. The molecule has 0 aliphatic carbocycles. The molecule has 0 fully saturated rings. The summed E-state index contributed by atoms with van der Waals surface area (Å²) in [7, 11) is 0. The predicted molar refractivity (Wildman–Crippen MR) is 135 cm³/mol. The van der Waals surface area contributed by atoms with Crippen LogP contribution >= 0.6 is 6.60 Å². The van der Waals surface area contributed by atoms with Crippen LogP contribution in [0.15, 0.2) is 97.2 Å². The predicted octanol–water partition coefficient (Wildman–Crippen LogP) is 4.40. The van der Waals surface area contributed by atoms with E-state index in [4.69, 9.17) is 10.1 Å². The number of nitrogens with zero attached hydrogens (tertiary/aromatic N) is 4. The molecule has 0 radical (unpaired) electrons. The fourth-order valence-corrected chi connectivity index (χ4v) is 9.99. The van der Waals surface area contributed by atoms with E-state index in [9.17, 15) is 0 Å². The zero-order chi connectivity index (χ0) is 22.2. The van der Waals surface area contributed by atoms with E-state index in [1.807, 2.05) is 24.6 Å². The van der Waals surface area contributed by atoms with Crippen LogP contribution in [0.25, 0.3) is 5.65 Å². The van der Waals surface area contributed by atoms with E-state index < -0.39 is 6.60 Å². The monoisotopic (exact) mass is 438 g/mol. The maximum absolute atomic E-state index is 5.00. The van der Waals surface area contributed by atoms with Crippen LogP contribution in [0.5, 0.6) is 0 Å². The summed E-state index contributed by atoms with van der Waals surface area (Å²) in [5.74, 6) is 0.848. The van der Waals surface area contributed by atoms with Gasteiger partial charge in [0.2, 0.25) is 0 Å². The Morgan fingerprint density at radius 3 is 1.62 bits per heavy atom. The molecule has 0 bridgehead atoms. The van der Waals surface area contributed by atoms with Crippen LogP contribution in [-0.4, -0.2) is 26.2 Å². The third kappa shape index (κ3) is 3.06. The van der Waals surface area contributed by atoms with Crippen molar-refractivity contribution in [1.82, 2.24) is 19.6 Å². The molecule has 5 heteroatoms. The molecule has 0 unspecified atom stereocenters. The van der Waals surface area contributed by atoms with E-state index in [-0.39, 0.29) is 0 Å². The third-order valence-electron chi connectivity index (χ3n) is 6.66. The number of aromatic nitrogens is 4. The van der Waals surface area contributed by atoms with Crippen molar-refractivity contribution in [2.75, 3.05) is 6.66 Å². The molecule has 0 amide bonds. The van der Waals surface area contributed by atoms with Gasteiger partial charge in [-0.05, 0) is 0 Å². The Morgan fingerprint density at radius 1 is 0.719 bits per heavy atom. The van der Waals surface area contributed by atoms with Crippen molar-refractivity contribution >= 4 is 28.2 Å². The summed E-state index contributed by atoms with van der Waals surface area (Å²) in [6.45, 7) is 3.53. The molecule has 0 atom stereocenters. The van der Waals surface area contributed by atoms with Crippen LogP contribution in [-0.2, 0) is 6.16 Å². The topological polar surface area (TPSA) is 43.1 Å². The van der Waals surface area contributed by atoms with Gasteiger partial charge in [0.25, 0.3) is 0 Å². The van der Waals surface area contributed by atoms with Crippen LogP contribution in [0.3, 0.4) is 0 Å². The van der Waals surface area contributed by atoms with Crippen LogP contribution < -0.4 is 15.9 Å². The van der Waals surface area contributed by atoms with Crippen LogP contribution in [0.2, 0.25) is 0 Å². The first-order chi connectivity index (χ1) is 15.5. The number of hydrogen-bond acceptors (Lipinski definition) is 3. The molecular weight excluding hydrogens is 411 g/mol. The summed E-state index contributed by atoms with van der Waals surface area (Å²) >= 11 is 0. The summed E-state index contributed by atoms with van der Waals surface area (Å²) in [6, 6.07) is 32.7. The second kappa shape index (κ2) is 7.65. The zero-order valence-corrected chi connectivity index (χ0v) is 19.6. The van der Waals surface area contributed by atoms with Gasteiger partial charge in [0.1, 0.15) is 0 Å². The molecule has 0 aliphatic heterocycles. The summed E-state index contributed by atoms with van der Waals surface area (Å²) in [5.41, 5.74) is 2.71. The van der Waals surface area contributed by atoms with E-state index in [0.29, 0.717) is 0 Å². The van der Waals surface area contributed by atoms with Crippen molar-refractivity contribution in [2.24, 2.45) is 0 Å². The second-order valence-corrected chi connectivity index (χ2v) is 14.2. The molecule has 160 valence electrons. The molecule has 0 spiro atoms. The van der Waals surface area contributed by atoms with Gasteiger partial charge < -0.3 is 0 Å². The van der Waals surface area contributed by atoms with Crippen LogP contribution in [0.1, 0.15) is 17.2 Å². The van der Waals surface area contributed by atoms with Gasteiger partial charge in [-0.15, -0.1) is 0 Å². The van der Waals surface area contributed by atoms with Gasteiger partial charge in [-0.1, -0.05) is 0 Å². The van der Waals surface area contributed by atoms with Gasteiger partial charge >= 0.3 is 189 Å². The van der Waals surface area contributed by atoms with Crippen molar-refractivity contribution in [3.8, 4) is 0 Å². The van der Waals surface area contributed by atoms with E-state index in [2.05, 4.69) is 103 Å². The SMILES string of the molecule is Cc1ncc(C)n2nc(CP(C)(c3ccccc3)(c3ccccc3)c3ccccc3)nc12. The zero-order valence-electron chi connectivity index (χ0n) is 18.7. The molecule has 2 aromatic heterocycles. The van der Waals surface area contributed by atoms with Gasteiger partial charge in [-0.3, -0.25) is 0 Å². The molecule has 3 aromatic carbocycles. The average molecular weight is 439 g/mol. The summed E-state index contributed by atoms with van der Waals surface area (Å²) in [6.07, 6.45) is 2.60. The number of fused-ring (bicyclic) bond motifs is 1. The normalized spacial score (nSPS) is 13.0. The fourth-order valence-electron chi connectivity index (χ4n) is 4.77. The Labute approximate surface area is 188 Å². The van der Waals surface area contributed by atoms with E-state index in [0.717, 1.165) is 29.0 Å². The van der Waals surface area contributed by atoms with Crippen LogP contribution in [0.4, 0.5) is 0 Å². The molecule has 0 aliphatic rings. The molecular formula is C27H27N4P. The number of hydrogen-bond donors (Lipinski definition) is 0. The van der Waals surface area contributed by atoms with E-state index in [1.54, 1.807) is 0 Å². The molecule has 0 saturated heterocycles. The van der Waals surface area contributed by atoms with Crippen molar-refractivity contribution in [3.63, 3.8) is 0 Å². The minimum atomic E-state index is -2.94. The van der Waals surface area contributed by atoms with E-state index >= 15 is 0 Å². The van der Waals surface area contributed by atoms with Gasteiger partial charge in [-0.25, -0.2) is 0 Å². The Hall–Kier alpha value is -3.36. The quantitative estimate of drug-likeness (QED) is 0.382. The average Bonchev–Trinajstić information content (AvgIpc) is 3.28. The molecule has 2 heterocycles. The van der Waals surface area contributed by atoms with Crippen molar-refractivity contribution in [2.45, 2.75) is 20.0 Å². The summed E-state index contributed by atoms with van der Waals surface area (Å²) in [4.78, 5) is 9.50. The Kier molecular flexibility index (Phi) is 4.91. The van der Waals surface area contributed by atoms with Gasteiger partial charge in [0, 0.05) is 0 Å². The minimum absolute atomic E-state index is 0.740. The Morgan fingerprint density at radius 2 is 1.19 bits per heavy atom. The fraction of sp³-hybridized carbons (Fsp3) is 0.148. The molecule has 5 aromatic rings. The van der Waals surface area contributed by atoms with Crippen molar-refractivity contribution < 1.29 is 0 Å². The molecule has 32 heavy (non-hydrogen) atoms. The molecule has 0 N–H and O–H groups in total. The van der Waals surface area contributed by atoms with Gasteiger partial charge in [0.15, 0.2) is 0 Å². The first-order valence-electron chi connectivity index (χ1n) is 10.9. The molecule has 5 rings (SSSR count). The second-order valence-electron chi connectivity index (χ2n) is 8.71.